The van der Waals surface area contributed by atoms with Gasteiger partial charge in [0, 0.05) is 31.9 Å². The molecule has 1 aliphatic heterocycles. The fourth-order valence-electron chi connectivity index (χ4n) is 3.37. The van der Waals surface area contributed by atoms with E-state index < -0.39 is 0 Å². The second-order valence-corrected chi connectivity index (χ2v) is 7.05. The zero-order valence-corrected chi connectivity index (χ0v) is 17.6. The SMILES string of the molecule is CCNC(=NCCOCc1cccc(OC)c1)NC1CCN(c2ncccc2F)C1. The summed E-state index contributed by atoms with van der Waals surface area (Å²) in [6.45, 7) is 5.82. The number of rotatable bonds is 9. The van der Waals surface area contributed by atoms with Crippen molar-refractivity contribution in [3.63, 3.8) is 0 Å². The molecule has 1 aromatic heterocycles. The van der Waals surface area contributed by atoms with Gasteiger partial charge in [0.1, 0.15) is 5.75 Å². The van der Waals surface area contributed by atoms with Crippen LogP contribution in [0.5, 0.6) is 5.75 Å². The maximum atomic E-state index is 14.0. The maximum Gasteiger partial charge on any atom is 0.191 e. The molecule has 2 aromatic rings. The number of hydrogen-bond acceptors (Lipinski definition) is 5. The number of anilines is 1. The molecule has 162 valence electrons. The van der Waals surface area contributed by atoms with Crippen LogP contribution in [0.1, 0.15) is 18.9 Å². The predicted octanol–water partition coefficient (Wildman–Crippen LogP) is 2.58. The lowest BCUT2D eigenvalue weighted by Gasteiger charge is -2.20. The zero-order valence-electron chi connectivity index (χ0n) is 17.6. The Bertz CT molecular complexity index is 833. The molecule has 30 heavy (non-hydrogen) atoms. The molecular weight excluding hydrogens is 385 g/mol. The number of aromatic nitrogens is 1. The zero-order chi connectivity index (χ0) is 21.2. The second kappa shape index (κ2) is 11.3. The Hall–Kier alpha value is -2.87. The largest absolute Gasteiger partial charge is 0.497 e. The molecule has 3 rings (SSSR count). The summed E-state index contributed by atoms with van der Waals surface area (Å²) in [7, 11) is 1.65. The molecule has 1 unspecified atom stereocenters. The van der Waals surface area contributed by atoms with Gasteiger partial charge in [0.15, 0.2) is 17.6 Å². The van der Waals surface area contributed by atoms with Crippen molar-refractivity contribution < 1.29 is 13.9 Å². The van der Waals surface area contributed by atoms with Crippen molar-refractivity contribution in [1.82, 2.24) is 15.6 Å². The Balaban J connectivity index is 1.44. The Morgan fingerprint density at radius 1 is 1.33 bits per heavy atom. The summed E-state index contributed by atoms with van der Waals surface area (Å²) < 4.78 is 24.9. The van der Waals surface area contributed by atoms with Gasteiger partial charge in [-0.25, -0.2) is 9.37 Å². The summed E-state index contributed by atoms with van der Waals surface area (Å²) in [6, 6.07) is 11.1. The first-order valence-corrected chi connectivity index (χ1v) is 10.3. The third-order valence-electron chi connectivity index (χ3n) is 4.82. The first-order chi connectivity index (χ1) is 14.7. The summed E-state index contributed by atoms with van der Waals surface area (Å²) in [4.78, 5) is 10.7. The van der Waals surface area contributed by atoms with Gasteiger partial charge < -0.3 is 25.0 Å². The lowest BCUT2D eigenvalue weighted by molar-refractivity contribution is 0.128. The van der Waals surface area contributed by atoms with Gasteiger partial charge in [-0.3, -0.25) is 4.99 Å². The molecule has 0 aliphatic carbocycles. The van der Waals surface area contributed by atoms with Crippen molar-refractivity contribution in [2.24, 2.45) is 4.99 Å². The number of ether oxygens (including phenoxy) is 2. The van der Waals surface area contributed by atoms with E-state index in [9.17, 15) is 4.39 Å². The Morgan fingerprint density at radius 2 is 2.23 bits per heavy atom. The number of methoxy groups -OCH3 is 1. The molecule has 0 radical (unpaired) electrons. The Morgan fingerprint density at radius 3 is 3.03 bits per heavy atom. The van der Waals surface area contributed by atoms with Crippen molar-refractivity contribution in [2.75, 3.05) is 44.8 Å². The van der Waals surface area contributed by atoms with E-state index in [0.29, 0.717) is 32.1 Å². The quantitative estimate of drug-likeness (QED) is 0.373. The molecule has 0 amide bonds. The topological polar surface area (TPSA) is 71.0 Å². The van der Waals surface area contributed by atoms with Gasteiger partial charge in [0.25, 0.3) is 0 Å². The number of nitrogens with one attached hydrogen (secondary N) is 2. The third kappa shape index (κ3) is 6.32. The van der Waals surface area contributed by atoms with E-state index in [1.54, 1.807) is 19.4 Å². The van der Waals surface area contributed by atoms with Gasteiger partial charge >= 0.3 is 0 Å². The molecule has 0 spiro atoms. The minimum Gasteiger partial charge on any atom is -0.497 e. The van der Waals surface area contributed by atoms with Crippen LogP contribution in [0, 0.1) is 5.82 Å². The fourth-order valence-corrected chi connectivity index (χ4v) is 3.37. The molecule has 7 nitrogen and oxygen atoms in total. The highest BCUT2D eigenvalue weighted by atomic mass is 19.1. The average molecular weight is 416 g/mol. The van der Waals surface area contributed by atoms with Crippen LogP contribution in [0.3, 0.4) is 0 Å². The molecule has 8 heteroatoms. The van der Waals surface area contributed by atoms with E-state index in [-0.39, 0.29) is 11.9 Å². The average Bonchev–Trinajstić information content (AvgIpc) is 3.22. The normalized spacial score (nSPS) is 16.6. The van der Waals surface area contributed by atoms with Crippen molar-refractivity contribution >= 4 is 11.8 Å². The highest BCUT2D eigenvalue weighted by Crippen LogP contribution is 2.20. The number of nitrogens with zero attached hydrogens (tertiary/aromatic N) is 3. The maximum absolute atomic E-state index is 14.0. The summed E-state index contributed by atoms with van der Waals surface area (Å²) >= 11 is 0. The van der Waals surface area contributed by atoms with E-state index in [4.69, 9.17) is 9.47 Å². The van der Waals surface area contributed by atoms with Crippen LogP contribution >= 0.6 is 0 Å². The van der Waals surface area contributed by atoms with Gasteiger partial charge in [-0.15, -0.1) is 0 Å². The van der Waals surface area contributed by atoms with E-state index in [2.05, 4.69) is 20.6 Å². The van der Waals surface area contributed by atoms with Crippen LogP contribution < -0.4 is 20.3 Å². The molecule has 1 aliphatic rings. The van der Waals surface area contributed by atoms with E-state index in [1.807, 2.05) is 36.1 Å². The van der Waals surface area contributed by atoms with E-state index in [0.717, 1.165) is 36.8 Å². The second-order valence-electron chi connectivity index (χ2n) is 7.05. The van der Waals surface area contributed by atoms with Crippen LogP contribution in [-0.2, 0) is 11.3 Å². The number of aliphatic imine (C=N–C) groups is 1. The first-order valence-electron chi connectivity index (χ1n) is 10.3. The highest BCUT2D eigenvalue weighted by Gasteiger charge is 2.25. The minimum atomic E-state index is -0.285. The van der Waals surface area contributed by atoms with Crippen molar-refractivity contribution in [2.45, 2.75) is 26.0 Å². The van der Waals surface area contributed by atoms with E-state index in [1.165, 1.54) is 6.07 Å². The molecule has 0 bridgehead atoms. The lowest BCUT2D eigenvalue weighted by Crippen LogP contribution is -2.44. The minimum absolute atomic E-state index is 0.182. The number of halogens is 1. The number of pyridine rings is 1. The van der Waals surface area contributed by atoms with Crippen LogP contribution in [0.15, 0.2) is 47.6 Å². The summed E-state index contributed by atoms with van der Waals surface area (Å²) in [5.41, 5.74) is 1.07. The predicted molar refractivity (Wildman–Crippen MR) is 117 cm³/mol. The van der Waals surface area contributed by atoms with Crippen molar-refractivity contribution in [3.05, 3.63) is 54.0 Å². The monoisotopic (exact) mass is 415 g/mol. The number of guanidine groups is 1. The lowest BCUT2D eigenvalue weighted by atomic mass is 10.2. The van der Waals surface area contributed by atoms with Gasteiger partial charge in [-0.2, -0.15) is 0 Å². The van der Waals surface area contributed by atoms with Crippen molar-refractivity contribution in [1.29, 1.82) is 0 Å². The molecule has 1 fully saturated rings. The summed E-state index contributed by atoms with van der Waals surface area (Å²) in [5, 5.41) is 6.69. The van der Waals surface area contributed by atoms with Gasteiger partial charge in [0.2, 0.25) is 0 Å². The molecule has 1 saturated heterocycles. The summed E-state index contributed by atoms with van der Waals surface area (Å²) in [5.74, 6) is 1.70. The molecule has 1 atom stereocenters. The third-order valence-corrected chi connectivity index (χ3v) is 4.82. The van der Waals surface area contributed by atoms with Crippen molar-refractivity contribution in [3.8, 4) is 5.75 Å². The number of hydrogen-bond donors (Lipinski definition) is 2. The van der Waals surface area contributed by atoms with Crippen LogP contribution in [0.4, 0.5) is 10.2 Å². The van der Waals surface area contributed by atoms with Crippen LogP contribution in [0.25, 0.3) is 0 Å². The number of benzene rings is 1. The molecular formula is C22H30FN5O2. The van der Waals surface area contributed by atoms with Gasteiger partial charge in [-0.1, -0.05) is 12.1 Å². The summed E-state index contributed by atoms with van der Waals surface area (Å²) in [6.07, 6.45) is 2.52. The fraction of sp³-hybridized carbons (Fsp3) is 0.455. The highest BCUT2D eigenvalue weighted by molar-refractivity contribution is 5.80. The molecule has 2 heterocycles. The molecule has 0 saturated carbocycles. The van der Waals surface area contributed by atoms with E-state index >= 15 is 0 Å². The van der Waals surface area contributed by atoms with Gasteiger partial charge in [-0.05, 0) is 43.2 Å². The molecule has 1 aromatic carbocycles. The standard InChI is InChI=1S/C22H30FN5O2/c1-3-24-22(26-11-13-30-16-17-6-4-7-19(14-17)29-2)27-18-9-12-28(15-18)21-20(23)8-5-10-25-21/h4-8,10,14,18H,3,9,11-13,15-16H2,1-2H3,(H2,24,26,27). The van der Waals surface area contributed by atoms with Crippen LogP contribution in [-0.4, -0.2) is 56.9 Å². The Labute approximate surface area is 177 Å². The van der Waals surface area contributed by atoms with Crippen LogP contribution in [0.2, 0.25) is 0 Å². The molecule has 2 N–H and O–H groups in total. The van der Waals surface area contributed by atoms with Gasteiger partial charge in [0.05, 0.1) is 26.9 Å². The smallest absolute Gasteiger partial charge is 0.191 e. The Kier molecular flexibility index (Phi) is 8.26. The first kappa shape index (κ1) is 21.8.